The summed E-state index contributed by atoms with van der Waals surface area (Å²) in [5, 5.41) is 9.56. The zero-order valence-electron chi connectivity index (χ0n) is 17.8. The number of fused-ring (bicyclic) bond motifs is 3. The largest absolute Gasteiger partial charge is 0.476 e. The molecular weight excluding hydrogens is 378 g/mol. The Balaban J connectivity index is 1.54. The molecule has 0 amide bonds. The molecule has 2 aliphatic heterocycles. The first-order valence-corrected chi connectivity index (χ1v) is 11.5. The second-order valence-electron chi connectivity index (χ2n) is 9.72. The minimum atomic E-state index is -1.24. The molecule has 1 N–H and O–H groups in total. The van der Waals surface area contributed by atoms with Gasteiger partial charge >= 0.3 is 5.97 Å². The van der Waals surface area contributed by atoms with Crippen LogP contribution in [0, 0.1) is 11.8 Å². The van der Waals surface area contributed by atoms with Crippen molar-refractivity contribution in [1.82, 2.24) is 14.5 Å². The van der Waals surface area contributed by atoms with Crippen molar-refractivity contribution >= 4 is 17.0 Å². The van der Waals surface area contributed by atoms with Crippen molar-refractivity contribution in [3.63, 3.8) is 0 Å². The zero-order valence-corrected chi connectivity index (χ0v) is 17.8. The van der Waals surface area contributed by atoms with E-state index in [9.17, 15) is 14.7 Å². The van der Waals surface area contributed by atoms with Crippen LogP contribution in [0.2, 0.25) is 0 Å². The second-order valence-corrected chi connectivity index (χ2v) is 9.72. The molecule has 1 aromatic heterocycles. The van der Waals surface area contributed by atoms with E-state index in [4.69, 9.17) is 0 Å². The lowest BCUT2D eigenvalue weighted by Gasteiger charge is -2.53. The summed E-state index contributed by atoms with van der Waals surface area (Å²) >= 11 is 0. The molecular formula is C24H31N3O3. The number of carboxylic acids is 1. The minimum absolute atomic E-state index is 0.0317. The van der Waals surface area contributed by atoms with Gasteiger partial charge in [-0.15, -0.1) is 0 Å². The molecule has 6 atom stereocenters. The van der Waals surface area contributed by atoms with Gasteiger partial charge in [-0.1, -0.05) is 32.4 Å². The SMILES string of the molecule is CC1CCC(N2[C@@H]3CCC[C@H]2C[C@@H](n2c(=O)c(C(=O)O)nc4ccccc42)C3)C1C. The van der Waals surface area contributed by atoms with Crippen molar-refractivity contribution in [2.24, 2.45) is 11.8 Å². The summed E-state index contributed by atoms with van der Waals surface area (Å²) < 4.78 is 1.76. The van der Waals surface area contributed by atoms with E-state index >= 15 is 0 Å². The molecule has 1 aliphatic carbocycles. The van der Waals surface area contributed by atoms with Crippen molar-refractivity contribution in [3.05, 3.63) is 40.3 Å². The number of nitrogens with zero attached hydrogens (tertiary/aromatic N) is 3. The van der Waals surface area contributed by atoms with Crippen LogP contribution in [-0.2, 0) is 0 Å². The van der Waals surface area contributed by atoms with Crippen LogP contribution >= 0.6 is 0 Å². The molecule has 2 saturated heterocycles. The maximum absolute atomic E-state index is 13.2. The fourth-order valence-corrected chi connectivity index (χ4v) is 6.56. The molecule has 5 rings (SSSR count). The van der Waals surface area contributed by atoms with Crippen molar-refractivity contribution < 1.29 is 9.90 Å². The van der Waals surface area contributed by atoms with Crippen LogP contribution in [0.5, 0.6) is 0 Å². The van der Waals surface area contributed by atoms with E-state index < -0.39 is 11.5 Å². The number of para-hydroxylation sites is 2. The van der Waals surface area contributed by atoms with Crippen molar-refractivity contribution in [2.45, 2.75) is 83.0 Å². The molecule has 0 spiro atoms. The molecule has 1 aromatic carbocycles. The van der Waals surface area contributed by atoms with E-state index in [1.165, 1.54) is 32.1 Å². The predicted octanol–water partition coefficient (Wildman–Crippen LogP) is 4.09. The average Bonchev–Trinajstić information content (AvgIpc) is 3.04. The lowest BCUT2D eigenvalue weighted by Crippen LogP contribution is -2.58. The highest BCUT2D eigenvalue weighted by Crippen LogP contribution is 2.46. The predicted molar refractivity (Wildman–Crippen MR) is 116 cm³/mol. The number of carboxylic acid groups (broad SMARTS) is 1. The topological polar surface area (TPSA) is 75.4 Å². The van der Waals surface area contributed by atoms with Crippen LogP contribution in [0.15, 0.2) is 29.1 Å². The molecule has 1 saturated carbocycles. The fraction of sp³-hybridized carbons (Fsp3) is 0.625. The van der Waals surface area contributed by atoms with Gasteiger partial charge in [0.1, 0.15) is 0 Å². The van der Waals surface area contributed by atoms with Crippen molar-refractivity contribution in [2.75, 3.05) is 0 Å². The Morgan fingerprint density at radius 3 is 2.37 bits per heavy atom. The number of carbonyl (C=O) groups is 1. The van der Waals surface area contributed by atoms with E-state index in [-0.39, 0.29) is 11.7 Å². The highest BCUT2D eigenvalue weighted by atomic mass is 16.4. The van der Waals surface area contributed by atoms with E-state index in [0.29, 0.717) is 29.6 Å². The highest BCUT2D eigenvalue weighted by Gasteiger charge is 2.46. The van der Waals surface area contributed by atoms with Crippen molar-refractivity contribution in [1.29, 1.82) is 0 Å². The molecule has 2 bridgehead atoms. The summed E-state index contributed by atoms with van der Waals surface area (Å²) in [6.07, 6.45) is 8.02. The Morgan fingerprint density at radius 2 is 1.73 bits per heavy atom. The van der Waals surface area contributed by atoms with E-state index in [1.54, 1.807) is 10.6 Å². The van der Waals surface area contributed by atoms with Gasteiger partial charge in [0.25, 0.3) is 5.56 Å². The Morgan fingerprint density at radius 1 is 1.03 bits per heavy atom. The number of hydrogen-bond donors (Lipinski definition) is 1. The van der Waals surface area contributed by atoms with Crippen molar-refractivity contribution in [3.8, 4) is 0 Å². The lowest BCUT2D eigenvalue weighted by molar-refractivity contribution is -0.0289. The van der Waals surface area contributed by atoms with Gasteiger partial charge in [0.15, 0.2) is 0 Å². The lowest BCUT2D eigenvalue weighted by atomic mass is 9.79. The quantitative estimate of drug-likeness (QED) is 0.826. The summed E-state index contributed by atoms with van der Waals surface area (Å²) in [4.78, 5) is 31.8. The molecule has 3 aliphatic rings. The van der Waals surface area contributed by atoms with Gasteiger partial charge < -0.3 is 9.67 Å². The van der Waals surface area contributed by atoms with Crippen LogP contribution in [0.3, 0.4) is 0 Å². The Labute approximate surface area is 176 Å². The van der Waals surface area contributed by atoms with Gasteiger partial charge in [0, 0.05) is 24.2 Å². The van der Waals surface area contributed by atoms with Gasteiger partial charge in [-0.05, 0) is 62.5 Å². The number of benzene rings is 1. The maximum atomic E-state index is 13.2. The van der Waals surface area contributed by atoms with E-state index in [0.717, 1.165) is 24.3 Å². The molecule has 2 aromatic rings. The summed E-state index contributed by atoms with van der Waals surface area (Å²) in [6.45, 7) is 4.79. The highest BCUT2D eigenvalue weighted by molar-refractivity contribution is 5.88. The molecule has 3 unspecified atom stereocenters. The monoisotopic (exact) mass is 409 g/mol. The average molecular weight is 410 g/mol. The van der Waals surface area contributed by atoms with Crippen LogP contribution < -0.4 is 5.56 Å². The Hall–Kier alpha value is -2.21. The van der Waals surface area contributed by atoms with Crippen LogP contribution in [0.25, 0.3) is 11.0 Å². The number of aromatic carboxylic acids is 1. The molecule has 6 nitrogen and oxygen atoms in total. The van der Waals surface area contributed by atoms with Crippen LogP contribution in [0.1, 0.15) is 75.3 Å². The summed E-state index contributed by atoms with van der Waals surface area (Å²) in [5.41, 5.74) is 0.521. The van der Waals surface area contributed by atoms with Crippen LogP contribution in [-0.4, -0.2) is 43.7 Å². The van der Waals surface area contributed by atoms with Gasteiger partial charge in [-0.25, -0.2) is 9.78 Å². The third-order valence-corrected chi connectivity index (χ3v) is 8.17. The standard InChI is InChI=1S/C24H31N3O3/c1-14-10-11-20(15(14)2)26-16-6-5-7-17(26)13-18(12-16)27-21-9-4-3-8-19(21)25-22(23(27)28)24(29)30/h3-4,8-9,14-18,20H,5-7,10-13H2,1-2H3,(H,29,30)/t14?,15?,16-,17+,18+,20?. The smallest absolute Gasteiger partial charge is 0.360 e. The number of piperidine rings is 2. The summed E-state index contributed by atoms with van der Waals surface area (Å²) in [5.74, 6) is 0.247. The number of aromatic nitrogens is 2. The van der Waals surface area contributed by atoms with E-state index in [1.807, 2.05) is 18.2 Å². The molecule has 0 radical (unpaired) electrons. The van der Waals surface area contributed by atoms with Gasteiger partial charge in [-0.2, -0.15) is 0 Å². The minimum Gasteiger partial charge on any atom is -0.476 e. The first kappa shape index (κ1) is 19.7. The summed E-state index contributed by atoms with van der Waals surface area (Å²) in [7, 11) is 0. The third-order valence-electron chi connectivity index (χ3n) is 8.17. The first-order chi connectivity index (χ1) is 14.5. The molecule has 160 valence electrons. The molecule has 3 heterocycles. The zero-order chi connectivity index (χ0) is 21.0. The van der Waals surface area contributed by atoms with Crippen LogP contribution in [0.4, 0.5) is 0 Å². The maximum Gasteiger partial charge on any atom is 0.360 e. The molecule has 30 heavy (non-hydrogen) atoms. The molecule has 6 heteroatoms. The Bertz CT molecular complexity index is 1020. The fourth-order valence-electron chi connectivity index (χ4n) is 6.56. The summed E-state index contributed by atoms with van der Waals surface area (Å²) in [6, 6.07) is 9.09. The van der Waals surface area contributed by atoms with Gasteiger partial charge in [0.05, 0.1) is 11.0 Å². The number of hydrogen-bond acceptors (Lipinski definition) is 4. The third kappa shape index (κ3) is 3.08. The van der Waals surface area contributed by atoms with Gasteiger partial charge in [0.2, 0.25) is 5.69 Å². The Kier molecular flexibility index (Phi) is 4.92. The van der Waals surface area contributed by atoms with E-state index in [2.05, 4.69) is 23.7 Å². The van der Waals surface area contributed by atoms with Gasteiger partial charge in [-0.3, -0.25) is 9.69 Å². The number of rotatable bonds is 3. The second kappa shape index (κ2) is 7.49. The first-order valence-electron chi connectivity index (χ1n) is 11.5. The normalized spacial score (nSPS) is 34.3. The molecule has 3 fully saturated rings.